The molecule has 0 saturated carbocycles. The summed E-state index contributed by atoms with van der Waals surface area (Å²) < 4.78 is 23.7. The van der Waals surface area contributed by atoms with Gasteiger partial charge in [0.1, 0.15) is 11.8 Å². The van der Waals surface area contributed by atoms with E-state index in [1.165, 1.54) is 0 Å². The van der Waals surface area contributed by atoms with E-state index in [-0.39, 0.29) is 11.8 Å². The van der Waals surface area contributed by atoms with Gasteiger partial charge in [-0.1, -0.05) is 32.0 Å². The maximum absolute atomic E-state index is 12.9. The van der Waals surface area contributed by atoms with Crippen LogP contribution >= 0.6 is 7.52 Å². The molecule has 0 fully saturated rings. The predicted octanol–water partition coefficient (Wildman–Crippen LogP) is 3.60. The molecule has 118 valence electrons. The summed E-state index contributed by atoms with van der Waals surface area (Å²) in [6.07, 6.45) is -0.213. The van der Waals surface area contributed by atoms with Crippen LogP contribution in [0.4, 0.5) is 0 Å². The molecule has 0 amide bonds. The molecule has 0 radical (unpaired) electrons. The molecular weight excluding hydrogens is 289 g/mol. The molecule has 5 nitrogen and oxygen atoms in total. The van der Waals surface area contributed by atoms with E-state index in [1.54, 1.807) is 58.9 Å². The van der Waals surface area contributed by atoms with Crippen molar-refractivity contribution in [3.8, 4) is 5.75 Å². The number of para-hydroxylation sites is 1. The van der Waals surface area contributed by atoms with Gasteiger partial charge in [-0.05, 0) is 32.9 Å². The normalized spacial score (nSPS) is 15.6. The van der Waals surface area contributed by atoms with Gasteiger partial charge in [-0.3, -0.25) is 9.36 Å². The van der Waals surface area contributed by atoms with Crippen molar-refractivity contribution < 1.29 is 18.6 Å². The summed E-state index contributed by atoms with van der Waals surface area (Å²) in [5.41, 5.74) is -0.271. The fraction of sp³-hybridized carbons (Fsp3) is 0.533. The molecule has 0 unspecified atom stereocenters. The molecule has 0 bridgehead atoms. The molecule has 0 heterocycles. The highest BCUT2D eigenvalue weighted by molar-refractivity contribution is 7.58. The Morgan fingerprint density at radius 3 is 2.14 bits per heavy atom. The number of carbonyl (C=O) groups excluding carboxylic acids is 1. The number of rotatable bonds is 7. The largest absolute Gasteiger partial charge is 0.462 e. The first-order valence-electron chi connectivity index (χ1n) is 7.07. The first-order valence-corrected chi connectivity index (χ1v) is 8.76. The van der Waals surface area contributed by atoms with Gasteiger partial charge in [0, 0.05) is 0 Å². The Morgan fingerprint density at radius 1 is 1.10 bits per heavy atom. The molecule has 0 spiro atoms. The molecule has 0 aliphatic rings. The Kier molecular flexibility index (Phi) is 6.43. The smallest absolute Gasteiger partial charge is 0.323 e. The molecule has 0 saturated heterocycles. The van der Waals surface area contributed by atoms with Gasteiger partial charge in [-0.2, -0.15) is 0 Å². The Hall–Kier alpha value is -1.32. The minimum atomic E-state index is -3.22. The fourth-order valence-electron chi connectivity index (χ4n) is 1.58. The van der Waals surface area contributed by atoms with Gasteiger partial charge in [0.05, 0.1) is 11.8 Å². The molecule has 21 heavy (non-hydrogen) atoms. The molecule has 1 aromatic carbocycles. The minimum Gasteiger partial charge on any atom is -0.462 e. The Bertz CT molecular complexity index is 502. The van der Waals surface area contributed by atoms with Crippen LogP contribution in [0.25, 0.3) is 0 Å². The van der Waals surface area contributed by atoms with Crippen molar-refractivity contribution in [1.29, 1.82) is 0 Å². The molecule has 2 atom stereocenters. The molecule has 1 rings (SSSR count). The van der Waals surface area contributed by atoms with E-state index in [0.717, 1.165) is 0 Å². The number of ether oxygens (including phenoxy) is 1. The summed E-state index contributed by atoms with van der Waals surface area (Å²) in [4.78, 5) is 11.8. The quantitative estimate of drug-likeness (QED) is 0.615. The molecule has 1 aromatic rings. The van der Waals surface area contributed by atoms with Gasteiger partial charge >= 0.3 is 13.5 Å². The van der Waals surface area contributed by atoms with E-state index in [4.69, 9.17) is 9.26 Å². The lowest BCUT2D eigenvalue weighted by Gasteiger charge is -2.26. The summed E-state index contributed by atoms with van der Waals surface area (Å²) in [7, 11) is -3.22. The second-order valence-electron chi connectivity index (χ2n) is 5.43. The first-order chi connectivity index (χ1) is 9.74. The van der Waals surface area contributed by atoms with Gasteiger partial charge in [0.2, 0.25) is 0 Å². The molecule has 0 aromatic heterocycles. The second-order valence-corrected chi connectivity index (χ2v) is 8.10. The number of hydrogen-bond acceptors (Lipinski definition) is 4. The number of esters is 1. The first kappa shape index (κ1) is 17.7. The number of nitrogens with one attached hydrogen (secondary N) is 1. The van der Waals surface area contributed by atoms with Crippen LogP contribution in [0.5, 0.6) is 5.75 Å². The highest BCUT2D eigenvalue weighted by atomic mass is 31.2. The summed E-state index contributed by atoms with van der Waals surface area (Å²) in [5.74, 6) is 0.0639. The standard InChI is InChI=1S/C15H24NO4P/c1-11(2)19-15(17)13(5)16-21(18,12(3)4)20-14-9-7-6-8-10-14/h6-13H,1-5H3,(H,16,18)/t13-,21+/m0/s1. The highest BCUT2D eigenvalue weighted by Gasteiger charge is 2.33. The van der Waals surface area contributed by atoms with Crippen LogP contribution in [-0.2, 0) is 14.1 Å². The van der Waals surface area contributed by atoms with Crippen molar-refractivity contribution in [3.63, 3.8) is 0 Å². The van der Waals surface area contributed by atoms with Crippen LogP contribution in [0, 0.1) is 0 Å². The Balaban J connectivity index is 2.81. The Morgan fingerprint density at radius 2 is 1.67 bits per heavy atom. The van der Waals surface area contributed by atoms with Crippen LogP contribution in [0.1, 0.15) is 34.6 Å². The third kappa shape index (κ3) is 5.52. The van der Waals surface area contributed by atoms with E-state index >= 15 is 0 Å². The van der Waals surface area contributed by atoms with Crippen molar-refractivity contribution in [2.75, 3.05) is 0 Å². The summed E-state index contributed by atoms with van der Waals surface area (Å²) in [5, 5.41) is 2.81. The summed E-state index contributed by atoms with van der Waals surface area (Å²) in [6.45, 7) is 8.74. The van der Waals surface area contributed by atoms with E-state index in [9.17, 15) is 9.36 Å². The van der Waals surface area contributed by atoms with E-state index in [0.29, 0.717) is 5.75 Å². The SMILES string of the molecule is CC(C)OC(=O)[C@H](C)N[P@](=O)(Oc1ccccc1)C(C)C. The van der Waals surface area contributed by atoms with Gasteiger partial charge in [0.15, 0.2) is 0 Å². The van der Waals surface area contributed by atoms with Gasteiger partial charge in [0.25, 0.3) is 0 Å². The second kappa shape index (κ2) is 7.62. The van der Waals surface area contributed by atoms with Gasteiger partial charge < -0.3 is 9.26 Å². The monoisotopic (exact) mass is 313 g/mol. The lowest BCUT2D eigenvalue weighted by Crippen LogP contribution is -2.37. The van der Waals surface area contributed by atoms with Crippen molar-refractivity contribution in [3.05, 3.63) is 30.3 Å². The van der Waals surface area contributed by atoms with Gasteiger partial charge in [-0.25, -0.2) is 5.09 Å². The Labute approximate surface area is 126 Å². The topological polar surface area (TPSA) is 64.6 Å². The third-order valence-electron chi connectivity index (χ3n) is 2.74. The van der Waals surface area contributed by atoms with Crippen molar-refractivity contribution in [1.82, 2.24) is 5.09 Å². The molecule has 6 heteroatoms. The van der Waals surface area contributed by atoms with Crippen molar-refractivity contribution in [2.45, 2.75) is 52.4 Å². The van der Waals surface area contributed by atoms with Crippen LogP contribution in [0.2, 0.25) is 0 Å². The van der Waals surface area contributed by atoms with Crippen LogP contribution in [0.15, 0.2) is 30.3 Å². The predicted molar refractivity (Wildman–Crippen MR) is 83.6 cm³/mol. The molecule has 0 aliphatic heterocycles. The summed E-state index contributed by atoms with van der Waals surface area (Å²) >= 11 is 0. The molecule has 0 aliphatic carbocycles. The average molecular weight is 313 g/mol. The number of carbonyl (C=O) groups is 1. The van der Waals surface area contributed by atoms with Gasteiger partial charge in [-0.15, -0.1) is 0 Å². The molecule has 1 N–H and O–H groups in total. The average Bonchev–Trinajstić information content (AvgIpc) is 2.38. The highest BCUT2D eigenvalue weighted by Crippen LogP contribution is 2.48. The lowest BCUT2D eigenvalue weighted by molar-refractivity contribution is -0.149. The zero-order valence-corrected chi connectivity index (χ0v) is 14.1. The van der Waals surface area contributed by atoms with E-state index in [1.807, 2.05) is 6.07 Å². The number of hydrogen-bond donors (Lipinski definition) is 1. The van der Waals surface area contributed by atoms with Crippen LogP contribution in [-0.4, -0.2) is 23.8 Å². The minimum absolute atomic E-state index is 0.213. The lowest BCUT2D eigenvalue weighted by atomic mass is 10.3. The molecular formula is C15H24NO4P. The van der Waals surface area contributed by atoms with Crippen LogP contribution in [0.3, 0.4) is 0 Å². The van der Waals surface area contributed by atoms with Crippen molar-refractivity contribution in [2.24, 2.45) is 0 Å². The zero-order chi connectivity index (χ0) is 16.0. The number of benzene rings is 1. The third-order valence-corrected chi connectivity index (χ3v) is 5.33. The van der Waals surface area contributed by atoms with E-state index < -0.39 is 19.5 Å². The maximum Gasteiger partial charge on any atom is 0.323 e. The van der Waals surface area contributed by atoms with Crippen molar-refractivity contribution >= 4 is 13.5 Å². The fourth-order valence-corrected chi connectivity index (χ4v) is 3.22. The summed E-state index contributed by atoms with van der Waals surface area (Å²) in [6, 6.07) is 8.21. The van der Waals surface area contributed by atoms with Crippen LogP contribution < -0.4 is 9.61 Å². The van der Waals surface area contributed by atoms with E-state index in [2.05, 4.69) is 5.09 Å². The maximum atomic E-state index is 12.9. The zero-order valence-electron chi connectivity index (χ0n) is 13.2.